The number of benzene rings is 2. The van der Waals surface area contributed by atoms with Crippen LogP contribution in [-0.4, -0.2) is 18.5 Å². The van der Waals surface area contributed by atoms with Gasteiger partial charge in [-0.25, -0.2) is 0 Å². The molecular formula is C22H30F5NO. The number of hydrogen-bond acceptors (Lipinski definition) is 2. The van der Waals surface area contributed by atoms with E-state index in [0.29, 0.717) is 12.9 Å². The fourth-order valence-corrected chi connectivity index (χ4v) is 2.41. The molecule has 2 nitrogen and oxygen atoms in total. The van der Waals surface area contributed by atoms with Crippen LogP contribution in [0.1, 0.15) is 58.2 Å². The van der Waals surface area contributed by atoms with Crippen LogP contribution < -0.4 is 0 Å². The molecule has 0 amide bonds. The average Bonchev–Trinajstić information content (AvgIpc) is 2.71. The van der Waals surface area contributed by atoms with Gasteiger partial charge >= 0.3 is 0 Å². The Bertz CT molecular complexity index is 720. The highest BCUT2D eigenvalue weighted by Crippen LogP contribution is 2.41. The van der Waals surface area contributed by atoms with Crippen molar-refractivity contribution in [1.29, 1.82) is 0 Å². The molecule has 0 aliphatic carbocycles. The Morgan fingerprint density at radius 1 is 0.793 bits per heavy atom. The first kappa shape index (κ1) is 28.8. The van der Waals surface area contributed by atoms with Gasteiger partial charge in [-0.1, -0.05) is 77.9 Å². The topological polar surface area (TPSA) is 32.6 Å². The van der Waals surface area contributed by atoms with Crippen LogP contribution >= 0.6 is 0 Å². The molecule has 0 spiro atoms. The maximum Gasteiger partial charge on any atom is 0.144 e. The molecule has 0 atom stereocenters. The maximum atomic E-state index is 10.7. The van der Waals surface area contributed by atoms with Crippen LogP contribution in [0.3, 0.4) is 0 Å². The normalized spacial score (nSPS) is 10.8. The smallest absolute Gasteiger partial charge is 0.144 e. The first-order valence-electron chi connectivity index (χ1n) is 8.72. The molecule has 0 unspecified atom stereocenters. The number of nitrogens with zero attached hydrogens (tertiary/aromatic N) is 1. The fourth-order valence-electron chi connectivity index (χ4n) is 2.41. The van der Waals surface area contributed by atoms with Gasteiger partial charge in [-0.2, -0.15) is 0 Å². The van der Waals surface area contributed by atoms with Crippen molar-refractivity contribution in [3.05, 3.63) is 59.2 Å². The Morgan fingerprint density at radius 3 is 1.69 bits per heavy atom. The van der Waals surface area contributed by atoms with Crippen LogP contribution in [0.5, 0.6) is 5.75 Å². The van der Waals surface area contributed by atoms with Gasteiger partial charge in [0.25, 0.3) is 0 Å². The van der Waals surface area contributed by atoms with E-state index in [0.717, 1.165) is 11.1 Å². The molecule has 0 aromatic heterocycles. The fraction of sp³-hybridized carbons (Fsp3) is 0.409. The van der Waals surface area contributed by atoms with E-state index in [1.54, 1.807) is 6.21 Å². The van der Waals surface area contributed by atoms with E-state index in [2.05, 4.69) is 52.6 Å². The van der Waals surface area contributed by atoms with Gasteiger partial charge < -0.3 is 5.11 Å². The monoisotopic (exact) mass is 419 g/mol. The van der Waals surface area contributed by atoms with Gasteiger partial charge in [0, 0.05) is 30.1 Å². The Morgan fingerprint density at radius 2 is 1.28 bits per heavy atom. The van der Waals surface area contributed by atoms with Gasteiger partial charge in [0.1, 0.15) is 11.4 Å². The summed E-state index contributed by atoms with van der Waals surface area (Å²) in [5, 5.41) is 10.7. The Balaban J connectivity index is 0. The predicted octanol–water partition coefficient (Wildman–Crippen LogP) is 8.00. The third-order valence-corrected chi connectivity index (χ3v) is 3.92. The number of phenols is 1. The van der Waals surface area contributed by atoms with E-state index in [4.69, 9.17) is 18.3 Å². The molecule has 0 aliphatic rings. The number of alkyl halides is 1. The molecule has 2 rings (SSSR count). The summed E-state index contributed by atoms with van der Waals surface area (Å²) in [7, 11) is 0.500. The number of hydrogen-bond donors (Lipinski definition) is 1. The van der Waals surface area contributed by atoms with Crippen LogP contribution in [0, 0.1) is 0 Å². The lowest BCUT2D eigenvalue weighted by molar-refractivity contribution is 0.108. The predicted molar refractivity (Wildman–Crippen MR) is 111 cm³/mol. The minimum atomic E-state index is -0.137. The lowest BCUT2D eigenvalue weighted by Crippen LogP contribution is -2.16. The van der Waals surface area contributed by atoms with E-state index in [1.165, 1.54) is 5.56 Å². The highest BCUT2D eigenvalue weighted by Gasteiger charge is 2.24. The van der Waals surface area contributed by atoms with Crippen molar-refractivity contribution in [2.24, 2.45) is 4.99 Å². The van der Waals surface area contributed by atoms with E-state index in [1.807, 2.05) is 36.4 Å². The van der Waals surface area contributed by atoms with Crippen molar-refractivity contribution < 1.29 is 27.8 Å². The van der Waals surface area contributed by atoms with Crippen LogP contribution in [0.15, 0.2) is 47.5 Å². The van der Waals surface area contributed by atoms with E-state index >= 15 is 0 Å². The summed E-state index contributed by atoms with van der Waals surface area (Å²) in [5.74, 6) is 0.276. The van der Waals surface area contributed by atoms with Crippen LogP contribution in [0.4, 0.5) is 28.4 Å². The highest BCUT2D eigenvalue weighted by molar-refractivity contribution is 5.83. The SMILES string of the molecule is CC(C)(C)c1cc(N=Cc2ccccc2)c(O)c(C(C)(C)C)c1.CF.FF.FF. The molecule has 0 heterocycles. The third-order valence-electron chi connectivity index (χ3n) is 3.92. The summed E-state index contributed by atoms with van der Waals surface area (Å²) >= 11 is 0. The first-order chi connectivity index (χ1) is 13.6. The summed E-state index contributed by atoms with van der Waals surface area (Å²) in [5.41, 5.74) is 3.63. The average molecular weight is 419 g/mol. The minimum absolute atomic E-state index is 0.00468. The molecule has 0 radical (unpaired) electrons. The maximum absolute atomic E-state index is 10.7. The summed E-state index contributed by atoms with van der Waals surface area (Å²) < 4.78 is 41.5. The molecule has 0 bridgehead atoms. The van der Waals surface area contributed by atoms with E-state index < -0.39 is 0 Å². The van der Waals surface area contributed by atoms with Gasteiger partial charge in [-0.15, -0.1) is 0 Å². The van der Waals surface area contributed by atoms with Crippen molar-refractivity contribution in [3.63, 3.8) is 0 Å². The van der Waals surface area contributed by atoms with Gasteiger partial charge in [0.2, 0.25) is 0 Å². The highest BCUT2D eigenvalue weighted by atomic mass is 20.0. The number of phenolic OH excluding ortho intramolecular Hbond substituents is 1. The van der Waals surface area contributed by atoms with Gasteiger partial charge in [-0.3, -0.25) is 9.38 Å². The van der Waals surface area contributed by atoms with Gasteiger partial charge in [0.15, 0.2) is 0 Å². The largest absolute Gasteiger partial charge is 0.505 e. The molecule has 0 aliphatic heterocycles. The second-order valence-corrected chi connectivity index (χ2v) is 8.06. The summed E-state index contributed by atoms with van der Waals surface area (Å²) in [6.45, 7) is 12.9. The molecule has 0 saturated carbocycles. The van der Waals surface area contributed by atoms with Crippen molar-refractivity contribution in [2.45, 2.75) is 52.4 Å². The number of aliphatic imine (C=N–C) groups is 1. The van der Waals surface area contributed by atoms with E-state index in [-0.39, 0.29) is 16.6 Å². The molecule has 0 saturated heterocycles. The van der Waals surface area contributed by atoms with E-state index in [9.17, 15) is 9.50 Å². The second kappa shape index (κ2) is 13.7. The number of aromatic hydroxyl groups is 1. The molecule has 2 aromatic rings. The van der Waals surface area contributed by atoms with Crippen LogP contribution in [0.25, 0.3) is 0 Å². The minimum Gasteiger partial charge on any atom is -0.505 e. The Hall–Kier alpha value is -2.44. The quantitative estimate of drug-likeness (QED) is 0.388. The summed E-state index contributed by atoms with van der Waals surface area (Å²) in [4.78, 5) is 4.55. The number of halogens is 5. The zero-order valence-electron chi connectivity index (χ0n) is 17.9. The molecule has 7 heteroatoms. The Labute approximate surface area is 169 Å². The molecule has 164 valence electrons. The molecule has 2 aromatic carbocycles. The standard InChI is InChI=1S/C21H27NO.CH3F.2F2/c1-20(2,3)16-12-17(21(4,5)6)19(23)18(13-16)22-14-15-10-8-7-9-11-15;3*1-2/h7-14,23H,1-6H3;1H3;;. The lowest BCUT2D eigenvalue weighted by atomic mass is 9.80. The first-order valence-corrected chi connectivity index (χ1v) is 8.72. The number of rotatable bonds is 2. The van der Waals surface area contributed by atoms with Crippen molar-refractivity contribution in [1.82, 2.24) is 0 Å². The van der Waals surface area contributed by atoms with Crippen LogP contribution in [0.2, 0.25) is 0 Å². The molecule has 29 heavy (non-hydrogen) atoms. The summed E-state index contributed by atoms with van der Waals surface area (Å²) in [6.07, 6.45) is 1.80. The molecule has 0 fully saturated rings. The van der Waals surface area contributed by atoms with Crippen molar-refractivity contribution in [3.8, 4) is 5.75 Å². The van der Waals surface area contributed by atoms with Crippen molar-refractivity contribution in [2.75, 3.05) is 7.18 Å². The summed E-state index contributed by atoms with van der Waals surface area (Å²) in [6, 6.07) is 14.0. The molecule has 1 N–H and O–H groups in total. The van der Waals surface area contributed by atoms with Gasteiger partial charge in [-0.05, 0) is 28.0 Å². The lowest BCUT2D eigenvalue weighted by Gasteiger charge is -2.26. The van der Waals surface area contributed by atoms with Gasteiger partial charge in [0.05, 0.1) is 7.18 Å². The van der Waals surface area contributed by atoms with Crippen LogP contribution in [-0.2, 0) is 10.8 Å². The Kier molecular flexibility index (Phi) is 13.6. The second-order valence-electron chi connectivity index (χ2n) is 8.06. The zero-order valence-corrected chi connectivity index (χ0v) is 17.9. The molecular weight excluding hydrogens is 389 g/mol. The zero-order chi connectivity index (χ0) is 23.3. The third kappa shape index (κ3) is 9.54. The van der Waals surface area contributed by atoms with Crippen molar-refractivity contribution >= 4 is 11.9 Å².